The molecule has 2 aromatic carbocycles. The molecule has 4 heteroatoms. The maximum atomic E-state index is 13.4. The van der Waals surface area contributed by atoms with Crippen LogP contribution in [-0.2, 0) is 0 Å². The van der Waals surface area contributed by atoms with Crippen molar-refractivity contribution < 1.29 is 14.1 Å². The van der Waals surface area contributed by atoms with Gasteiger partial charge in [0.25, 0.3) is 0 Å². The summed E-state index contributed by atoms with van der Waals surface area (Å²) in [5.74, 6) is 0.0363. The SMILES string of the molecule is Cc1ccc(O)c(Pc2ccc(F)cc2C=[N+](C)C)c1. The largest absolute Gasteiger partial charge is 0.507 e. The highest BCUT2D eigenvalue weighted by atomic mass is 31.1. The van der Waals surface area contributed by atoms with E-state index in [-0.39, 0.29) is 11.6 Å². The van der Waals surface area contributed by atoms with Crippen LogP contribution in [0.15, 0.2) is 36.4 Å². The predicted molar refractivity (Wildman–Crippen MR) is 84.1 cm³/mol. The van der Waals surface area contributed by atoms with Crippen molar-refractivity contribution >= 4 is 25.4 Å². The van der Waals surface area contributed by atoms with Crippen LogP contribution in [0.1, 0.15) is 11.1 Å². The van der Waals surface area contributed by atoms with E-state index in [9.17, 15) is 9.50 Å². The van der Waals surface area contributed by atoms with Gasteiger partial charge in [-0.1, -0.05) is 26.3 Å². The zero-order valence-corrected chi connectivity index (χ0v) is 12.8. The van der Waals surface area contributed by atoms with Crippen LogP contribution in [-0.4, -0.2) is 30.0 Å². The lowest BCUT2D eigenvalue weighted by atomic mass is 10.2. The van der Waals surface area contributed by atoms with Gasteiger partial charge in [0.2, 0.25) is 0 Å². The topological polar surface area (TPSA) is 23.2 Å². The van der Waals surface area contributed by atoms with E-state index < -0.39 is 0 Å². The Morgan fingerprint density at radius 1 is 1.10 bits per heavy atom. The number of benzene rings is 2. The van der Waals surface area contributed by atoms with Crippen molar-refractivity contribution in [3.05, 3.63) is 53.3 Å². The van der Waals surface area contributed by atoms with E-state index in [2.05, 4.69) is 0 Å². The molecule has 2 nitrogen and oxygen atoms in total. The Hall–Kier alpha value is -1.73. The van der Waals surface area contributed by atoms with Gasteiger partial charge in [-0.2, -0.15) is 0 Å². The second kappa shape index (κ2) is 6.15. The number of rotatable bonds is 3. The first-order valence-electron chi connectivity index (χ1n) is 6.33. The van der Waals surface area contributed by atoms with Gasteiger partial charge in [-0.25, -0.2) is 8.97 Å². The average molecular weight is 290 g/mol. The second-order valence-electron chi connectivity index (χ2n) is 4.97. The minimum absolute atomic E-state index is 0.250. The monoisotopic (exact) mass is 290 g/mol. The smallest absolute Gasteiger partial charge is 0.170 e. The molecule has 0 aromatic heterocycles. The van der Waals surface area contributed by atoms with Gasteiger partial charge < -0.3 is 5.11 Å². The number of halogens is 1. The van der Waals surface area contributed by atoms with Crippen LogP contribution in [0.3, 0.4) is 0 Å². The minimum Gasteiger partial charge on any atom is -0.507 e. The Bertz CT molecular complexity index is 664. The standard InChI is InChI=1S/C16H17FNOP/c1-11-4-6-14(19)16(8-11)20-15-7-5-13(17)9-12(15)10-18(2)3/h4-10,20H,1-3H3/p+1. The number of hydrogen-bond acceptors (Lipinski definition) is 1. The maximum absolute atomic E-state index is 13.4. The molecule has 0 saturated heterocycles. The van der Waals surface area contributed by atoms with Crippen molar-refractivity contribution in [1.82, 2.24) is 0 Å². The maximum Gasteiger partial charge on any atom is 0.170 e. The second-order valence-corrected chi connectivity index (χ2v) is 6.30. The van der Waals surface area contributed by atoms with Crippen LogP contribution >= 0.6 is 8.58 Å². The summed E-state index contributed by atoms with van der Waals surface area (Å²) in [5, 5.41) is 11.8. The number of nitrogens with zero attached hydrogens (tertiary/aromatic N) is 1. The van der Waals surface area contributed by atoms with Crippen molar-refractivity contribution in [1.29, 1.82) is 0 Å². The third kappa shape index (κ3) is 3.64. The Labute approximate surface area is 120 Å². The molecule has 1 N–H and O–H groups in total. The van der Waals surface area contributed by atoms with Crippen molar-refractivity contribution in [3.8, 4) is 5.75 Å². The molecular weight excluding hydrogens is 272 g/mol. The summed E-state index contributed by atoms with van der Waals surface area (Å²) in [5.41, 5.74) is 1.94. The number of aromatic hydroxyl groups is 1. The van der Waals surface area contributed by atoms with E-state index in [0.717, 1.165) is 21.7 Å². The first-order valence-corrected chi connectivity index (χ1v) is 7.33. The number of aryl methyl sites for hydroxylation is 1. The molecule has 1 unspecified atom stereocenters. The van der Waals surface area contributed by atoms with E-state index in [0.29, 0.717) is 8.58 Å². The van der Waals surface area contributed by atoms with E-state index >= 15 is 0 Å². The van der Waals surface area contributed by atoms with E-state index in [4.69, 9.17) is 0 Å². The van der Waals surface area contributed by atoms with Gasteiger partial charge in [0.05, 0.1) is 0 Å². The fourth-order valence-electron chi connectivity index (χ4n) is 1.93. The summed E-state index contributed by atoms with van der Waals surface area (Å²) in [6.45, 7) is 1.99. The molecular formula is C16H18FNOP+. The quantitative estimate of drug-likeness (QED) is 0.522. The van der Waals surface area contributed by atoms with Crippen LogP contribution in [0.25, 0.3) is 0 Å². The van der Waals surface area contributed by atoms with Crippen molar-refractivity contribution in [2.45, 2.75) is 6.92 Å². The zero-order chi connectivity index (χ0) is 14.7. The van der Waals surface area contributed by atoms with Crippen LogP contribution in [0.4, 0.5) is 4.39 Å². The minimum atomic E-state index is -0.250. The predicted octanol–water partition coefficient (Wildman–Crippen LogP) is 2.16. The molecule has 0 aliphatic heterocycles. The summed E-state index contributed by atoms with van der Waals surface area (Å²) in [6, 6.07) is 10.3. The highest BCUT2D eigenvalue weighted by Gasteiger charge is 2.09. The Morgan fingerprint density at radius 2 is 1.85 bits per heavy atom. The molecule has 104 valence electrons. The van der Waals surface area contributed by atoms with Gasteiger partial charge in [-0.05, 0) is 36.5 Å². The van der Waals surface area contributed by atoms with Crippen molar-refractivity contribution in [2.24, 2.45) is 0 Å². The fourth-order valence-corrected chi connectivity index (χ4v) is 3.18. The average Bonchev–Trinajstić information content (AvgIpc) is 2.36. The highest BCUT2D eigenvalue weighted by Crippen LogP contribution is 2.21. The van der Waals surface area contributed by atoms with Gasteiger partial charge in [0, 0.05) is 10.9 Å². The third-order valence-corrected chi connectivity index (χ3v) is 4.23. The molecule has 0 saturated carbocycles. The Kier molecular flexibility index (Phi) is 4.51. The molecule has 2 rings (SSSR count). The fraction of sp³-hybridized carbons (Fsp3) is 0.188. The van der Waals surface area contributed by atoms with Crippen LogP contribution in [0.2, 0.25) is 0 Å². The first kappa shape index (κ1) is 14.7. The van der Waals surface area contributed by atoms with Gasteiger partial charge >= 0.3 is 0 Å². The Morgan fingerprint density at radius 3 is 2.55 bits per heavy atom. The van der Waals surface area contributed by atoms with Crippen molar-refractivity contribution in [3.63, 3.8) is 0 Å². The molecule has 1 atom stereocenters. The Balaban J connectivity index is 2.43. The summed E-state index contributed by atoms with van der Waals surface area (Å²) in [7, 11) is 4.10. The normalized spacial score (nSPS) is 11.0. The summed E-state index contributed by atoms with van der Waals surface area (Å²) in [6.07, 6.45) is 1.89. The molecule has 0 spiro atoms. The number of phenols is 1. The summed E-state index contributed by atoms with van der Waals surface area (Å²) >= 11 is 0. The van der Waals surface area contributed by atoms with Gasteiger partial charge in [0.1, 0.15) is 25.7 Å². The molecule has 0 amide bonds. The molecule has 20 heavy (non-hydrogen) atoms. The molecule has 0 aliphatic rings. The van der Waals surface area contributed by atoms with Gasteiger partial charge in [-0.3, -0.25) is 0 Å². The molecule has 0 aliphatic carbocycles. The summed E-state index contributed by atoms with van der Waals surface area (Å²) < 4.78 is 15.3. The highest BCUT2D eigenvalue weighted by molar-refractivity contribution is 7.56. The lowest BCUT2D eigenvalue weighted by molar-refractivity contribution is -0.458. The van der Waals surface area contributed by atoms with Crippen LogP contribution in [0, 0.1) is 12.7 Å². The van der Waals surface area contributed by atoms with Gasteiger partial charge in [0.15, 0.2) is 6.21 Å². The first-order chi connectivity index (χ1) is 9.45. The number of phenolic OH excluding ortho intramolecular Hbond substituents is 1. The lowest BCUT2D eigenvalue weighted by Gasteiger charge is -2.08. The molecule has 0 radical (unpaired) electrons. The molecule has 0 heterocycles. The van der Waals surface area contributed by atoms with Gasteiger partial charge in [-0.15, -0.1) is 0 Å². The zero-order valence-electron chi connectivity index (χ0n) is 11.8. The summed E-state index contributed by atoms with van der Waals surface area (Å²) in [4.78, 5) is 0. The third-order valence-electron chi connectivity index (χ3n) is 2.83. The van der Waals surface area contributed by atoms with Crippen molar-refractivity contribution in [2.75, 3.05) is 14.1 Å². The molecule has 2 aromatic rings. The number of hydrogen-bond donors (Lipinski definition) is 1. The van der Waals surface area contributed by atoms with E-state index in [1.54, 1.807) is 12.1 Å². The van der Waals surface area contributed by atoms with Crippen LogP contribution in [0.5, 0.6) is 5.75 Å². The van der Waals surface area contributed by atoms with E-state index in [1.165, 1.54) is 12.1 Å². The van der Waals surface area contributed by atoms with E-state index in [1.807, 2.05) is 43.9 Å². The molecule has 0 fully saturated rings. The lowest BCUT2D eigenvalue weighted by Crippen LogP contribution is -2.13. The van der Waals surface area contributed by atoms with Crippen LogP contribution < -0.4 is 10.6 Å². The molecule has 0 bridgehead atoms.